The van der Waals surface area contributed by atoms with E-state index in [0.717, 1.165) is 0 Å². The first-order chi connectivity index (χ1) is 7.35. The van der Waals surface area contributed by atoms with Crippen molar-refractivity contribution in [2.75, 3.05) is 12.3 Å². The van der Waals surface area contributed by atoms with Gasteiger partial charge in [0.25, 0.3) is 5.91 Å². The number of anilines is 1. The summed E-state index contributed by atoms with van der Waals surface area (Å²) >= 11 is 0. The average Bonchev–Trinajstić information content (AvgIpc) is 2.55. The quantitative estimate of drug-likeness (QED) is 0.673. The number of hydrogen-bond donors (Lipinski definition) is 3. The number of nitrogens with one attached hydrogen (secondary N) is 1. The van der Waals surface area contributed by atoms with Gasteiger partial charge in [-0.25, -0.2) is 0 Å². The zero-order valence-electron chi connectivity index (χ0n) is 9.82. The van der Waals surface area contributed by atoms with Crippen molar-refractivity contribution >= 4 is 11.6 Å². The largest absolute Gasteiger partial charge is 0.396 e. The van der Waals surface area contributed by atoms with Crippen LogP contribution in [-0.4, -0.2) is 32.9 Å². The molecule has 0 bridgehead atoms. The highest BCUT2D eigenvalue weighted by Gasteiger charge is 2.19. The van der Waals surface area contributed by atoms with Crippen LogP contribution in [0.15, 0.2) is 6.20 Å². The number of rotatable bonds is 4. The zero-order chi connectivity index (χ0) is 12.3. The van der Waals surface area contributed by atoms with E-state index in [2.05, 4.69) is 10.4 Å². The van der Waals surface area contributed by atoms with Crippen molar-refractivity contribution in [2.24, 2.45) is 0 Å². The van der Waals surface area contributed by atoms with Gasteiger partial charge in [-0.1, -0.05) is 0 Å². The van der Waals surface area contributed by atoms with Gasteiger partial charge >= 0.3 is 0 Å². The minimum Gasteiger partial charge on any atom is -0.396 e. The number of aromatic nitrogens is 2. The molecular formula is C10H18N4O2. The van der Waals surface area contributed by atoms with Gasteiger partial charge in [0, 0.05) is 13.1 Å². The Labute approximate surface area is 94.4 Å². The second kappa shape index (κ2) is 4.52. The monoisotopic (exact) mass is 226 g/mol. The highest BCUT2D eigenvalue weighted by Crippen LogP contribution is 2.10. The van der Waals surface area contributed by atoms with Crippen LogP contribution in [-0.2, 0) is 6.54 Å². The van der Waals surface area contributed by atoms with Gasteiger partial charge in [0.1, 0.15) is 5.69 Å². The molecule has 0 fully saturated rings. The van der Waals surface area contributed by atoms with E-state index in [0.29, 0.717) is 17.9 Å². The van der Waals surface area contributed by atoms with Crippen LogP contribution in [0.1, 0.15) is 31.3 Å². The van der Waals surface area contributed by atoms with Crippen LogP contribution >= 0.6 is 0 Å². The van der Waals surface area contributed by atoms with Crippen LogP contribution in [0.4, 0.5) is 5.69 Å². The number of aliphatic hydroxyl groups is 1. The molecule has 0 aliphatic heterocycles. The van der Waals surface area contributed by atoms with E-state index < -0.39 is 5.60 Å². The fourth-order valence-electron chi connectivity index (χ4n) is 1.27. The molecule has 6 heteroatoms. The number of carbonyl (C=O) groups is 1. The molecule has 1 heterocycles. The molecule has 0 aromatic carbocycles. The topological polar surface area (TPSA) is 93.2 Å². The minimum atomic E-state index is -0.943. The van der Waals surface area contributed by atoms with Crippen LogP contribution in [0.25, 0.3) is 0 Å². The standard InChI is InChI=1S/C10H18N4O2/c1-4-14-8(7(11)5-13-14)9(15)12-6-10(2,3)16/h5,16H,4,6,11H2,1-3H3,(H,12,15). The normalized spacial score (nSPS) is 11.5. The van der Waals surface area contributed by atoms with E-state index in [4.69, 9.17) is 5.73 Å². The Morgan fingerprint density at radius 1 is 1.69 bits per heavy atom. The summed E-state index contributed by atoms with van der Waals surface area (Å²) in [5.74, 6) is -0.320. The van der Waals surface area contributed by atoms with E-state index in [1.165, 1.54) is 10.9 Å². The number of carbonyl (C=O) groups excluding carboxylic acids is 1. The van der Waals surface area contributed by atoms with E-state index in [-0.39, 0.29) is 12.5 Å². The second-order valence-electron chi connectivity index (χ2n) is 4.26. The van der Waals surface area contributed by atoms with Gasteiger partial charge < -0.3 is 16.2 Å². The lowest BCUT2D eigenvalue weighted by molar-refractivity contribution is 0.0689. The Morgan fingerprint density at radius 3 is 2.81 bits per heavy atom. The van der Waals surface area contributed by atoms with Gasteiger partial charge in [-0.2, -0.15) is 5.10 Å². The lowest BCUT2D eigenvalue weighted by Gasteiger charge is -2.17. The third-order valence-corrected chi connectivity index (χ3v) is 2.06. The molecule has 16 heavy (non-hydrogen) atoms. The summed E-state index contributed by atoms with van der Waals surface area (Å²) in [6, 6.07) is 0. The maximum absolute atomic E-state index is 11.8. The van der Waals surface area contributed by atoms with Gasteiger partial charge in [-0.15, -0.1) is 0 Å². The third kappa shape index (κ3) is 2.96. The van der Waals surface area contributed by atoms with Crippen LogP contribution in [0, 0.1) is 0 Å². The van der Waals surface area contributed by atoms with E-state index in [1.807, 2.05) is 6.92 Å². The van der Waals surface area contributed by atoms with Crippen molar-refractivity contribution in [3.8, 4) is 0 Å². The molecule has 1 amide bonds. The first-order valence-corrected chi connectivity index (χ1v) is 5.17. The number of amides is 1. The van der Waals surface area contributed by atoms with Gasteiger partial charge in [-0.05, 0) is 20.8 Å². The smallest absolute Gasteiger partial charge is 0.271 e. The number of nitrogens with zero attached hydrogens (tertiary/aromatic N) is 2. The maximum Gasteiger partial charge on any atom is 0.271 e. The molecule has 0 spiro atoms. The molecule has 0 aliphatic carbocycles. The molecule has 0 radical (unpaired) electrons. The first-order valence-electron chi connectivity index (χ1n) is 5.17. The molecule has 0 saturated carbocycles. The van der Waals surface area contributed by atoms with E-state index in [9.17, 15) is 9.90 Å². The summed E-state index contributed by atoms with van der Waals surface area (Å²) in [7, 11) is 0. The number of nitrogens with two attached hydrogens (primary N) is 1. The minimum absolute atomic E-state index is 0.167. The second-order valence-corrected chi connectivity index (χ2v) is 4.26. The molecule has 90 valence electrons. The molecule has 0 atom stereocenters. The Balaban J connectivity index is 2.76. The van der Waals surface area contributed by atoms with Crippen molar-refractivity contribution in [3.63, 3.8) is 0 Å². The highest BCUT2D eigenvalue weighted by atomic mass is 16.3. The van der Waals surface area contributed by atoms with Crippen molar-refractivity contribution < 1.29 is 9.90 Å². The summed E-state index contributed by atoms with van der Waals surface area (Å²) in [5, 5.41) is 16.1. The van der Waals surface area contributed by atoms with Gasteiger partial charge in [0.15, 0.2) is 0 Å². The summed E-state index contributed by atoms with van der Waals surface area (Å²) < 4.78 is 1.52. The molecule has 1 aromatic rings. The van der Waals surface area contributed by atoms with Crippen molar-refractivity contribution in [2.45, 2.75) is 32.9 Å². The van der Waals surface area contributed by atoms with Crippen LogP contribution in [0.5, 0.6) is 0 Å². The average molecular weight is 226 g/mol. The Morgan fingerprint density at radius 2 is 2.31 bits per heavy atom. The molecular weight excluding hydrogens is 208 g/mol. The molecule has 0 saturated heterocycles. The maximum atomic E-state index is 11.8. The number of nitrogen functional groups attached to an aromatic ring is 1. The molecule has 4 N–H and O–H groups in total. The molecule has 0 aliphatic rings. The Bertz CT molecular complexity index is 379. The van der Waals surface area contributed by atoms with Crippen molar-refractivity contribution in [1.29, 1.82) is 0 Å². The molecule has 6 nitrogen and oxygen atoms in total. The first kappa shape index (κ1) is 12.5. The fraction of sp³-hybridized carbons (Fsp3) is 0.600. The number of hydrogen-bond acceptors (Lipinski definition) is 4. The lowest BCUT2D eigenvalue weighted by Crippen LogP contribution is -2.39. The van der Waals surface area contributed by atoms with Crippen LogP contribution < -0.4 is 11.1 Å². The summed E-state index contributed by atoms with van der Waals surface area (Å²) in [5.41, 5.74) is 5.39. The van der Waals surface area contributed by atoms with Crippen molar-refractivity contribution in [1.82, 2.24) is 15.1 Å². The zero-order valence-corrected chi connectivity index (χ0v) is 9.82. The van der Waals surface area contributed by atoms with Crippen LogP contribution in [0.2, 0.25) is 0 Å². The van der Waals surface area contributed by atoms with E-state index >= 15 is 0 Å². The third-order valence-electron chi connectivity index (χ3n) is 2.06. The van der Waals surface area contributed by atoms with Gasteiger partial charge in [-0.3, -0.25) is 9.48 Å². The predicted molar refractivity (Wildman–Crippen MR) is 60.9 cm³/mol. The fourth-order valence-corrected chi connectivity index (χ4v) is 1.27. The van der Waals surface area contributed by atoms with Crippen molar-refractivity contribution in [3.05, 3.63) is 11.9 Å². The summed E-state index contributed by atoms with van der Waals surface area (Å²) in [6.45, 7) is 5.85. The van der Waals surface area contributed by atoms with Gasteiger partial charge in [0.05, 0.1) is 17.5 Å². The lowest BCUT2D eigenvalue weighted by atomic mass is 10.1. The van der Waals surface area contributed by atoms with E-state index in [1.54, 1.807) is 13.8 Å². The molecule has 1 rings (SSSR count). The van der Waals surface area contributed by atoms with Gasteiger partial charge in [0.2, 0.25) is 0 Å². The van der Waals surface area contributed by atoms with Crippen LogP contribution in [0.3, 0.4) is 0 Å². The number of aryl methyl sites for hydroxylation is 1. The predicted octanol–water partition coefficient (Wildman–Crippen LogP) is -0.0141. The highest BCUT2D eigenvalue weighted by molar-refractivity contribution is 5.97. The summed E-state index contributed by atoms with van der Waals surface area (Å²) in [6.07, 6.45) is 1.45. The Kier molecular flexibility index (Phi) is 3.54. The SMILES string of the molecule is CCn1ncc(N)c1C(=O)NCC(C)(C)O. The molecule has 0 unspecified atom stereocenters. The Hall–Kier alpha value is -1.56. The summed E-state index contributed by atoms with van der Waals surface area (Å²) in [4.78, 5) is 11.8. The molecule has 1 aromatic heterocycles.